The smallest absolute Gasteiger partial charge is 0.225 e. The van der Waals surface area contributed by atoms with E-state index >= 15 is 0 Å². The van der Waals surface area contributed by atoms with Gasteiger partial charge < -0.3 is 19.9 Å². The Morgan fingerprint density at radius 1 is 1.23 bits per heavy atom. The van der Waals surface area contributed by atoms with E-state index in [1.807, 2.05) is 30.2 Å². The Kier molecular flexibility index (Phi) is 13.9. The summed E-state index contributed by atoms with van der Waals surface area (Å²) in [5, 5.41) is 3.39. The van der Waals surface area contributed by atoms with Gasteiger partial charge >= 0.3 is 0 Å². The number of aliphatic imine (C=N–C) groups is 3. The highest BCUT2D eigenvalue weighted by Crippen LogP contribution is 2.19. The molecule has 2 saturated heterocycles. The third-order valence-corrected chi connectivity index (χ3v) is 7.24. The number of aromatic nitrogens is 1. The zero-order valence-corrected chi connectivity index (χ0v) is 25.0. The van der Waals surface area contributed by atoms with E-state index in [0.717, 1.165) is 89.4 Å². The normalized spacial score (nSPS) is 19.6. The molecule has 1 amide bonds. The third kappa shape index (κ3) is 10.5. The van der Waals surface area contributed by atoms with Crippen molar-refractivity contribution in [3.63, 3.8) is 0 Å². The number of H-pyrrole nitrogens is 1. The fraction of sp³-hybridized carbons (Fsp3) is 0.613. The summed E-state index contributed by atoms with van der Waals surface area (Å²) in [5.41, 5.74) is 4.55. The van der Waals surface area contributed by atoms with Crippen LogP contribution in [0.4, 0.5) is 0 Å². The van der Waals surface area contributed by atoms with Crippen LogP contribution in [-0.2, 0) is 22.5 Å². The average Bonchev–Trinajstić information content (AvgIpc) is 3.62. The Hall–Kier alpha value is -3.04. The highest BCUT2D eigenvalue weighted by atomic mass is 16.5. The average molecular weight is 552 g/mol. The van der Waals surface area contributed by atoms with Gasteiger partial charge in [-0.25, -0.2) is 4.99 Å². The second-order valence-corrected chi connectivity index (χ2v) is 10.3. The summed E-state index contributed by atoms with van der Waals surface area (Å²) in [7, 11) is 1.76. The molecule has 3 rings (SSSR count). The molecule has 0 aromatic carbocycles. The minimum absolute atomic E-state index is 0.120. The van der Waals surface area contributed by atoms with Crippen molar-refractivity contribution in [1.82, 2.24) is 20.1 Å². The van der Waals surface area contributed by atoms with Crippen molar-refractivity contribution in [2.75, 3.05) is 52.9 Å². The maximum atomic E-state index is 12.7. The summed E-state index contributed by atoms with van der Waals surface area (Å²) in [6, 6.07) is 2.28. The molecule has 40 heavy (non-hydrogen) atoms. The van der Waals surface area contributed by atoms with Crippen molar-refractivity contribution < 1.29 is 9.53 Å². The molecule has 220 valence electrons. The fourth-order valence-electron chi connectivity index (χ4n) is 4.92. The van der Waals surface area contributed by atoms with Gasteiger partial charge in [0, 0.05) is 70.5 Å². The number of nitrogens with zero attached hydrogens (tertiary/aromatic N) is 5. The van der Waals surface area contributed by atoms with Gasteiger partial charge in [0.1, 0.15) is 0 Å². The van der Waals surface area contributed by atoms with E-state index in [0.29, 0.717) is 18.9 Å². The Balaban J connectivity index is 1.53. The number of ether oxygens (including phenoxy) is 1. The zero-order valence-electron chi connectivity index (χ0n) is 25.0. The number of nitrogens with one attached hydrogen (secondary N) is 2. The molecule has 0 saturated carbocycles. The first-order valence-corrected chi connectivity index (χ1v) is 14.9. The zero-order chi connectivity index (χ0) is 28.6. The van der Waals surface area contributed by atoms with Crippen LogP contribution in [0.3, 0.4) is 0 Å². The number of amides is 1. The third-order valence-electron chi connectivity index (χ3n) is 7.24. The van der Waals surface area contributed by atoms with Crippen LogP contribution < -0.4 is 5.32 Å². The molecular weight excluding hydrogens is 502 g/mol. The summed E-state index contributed by atoms with van der Waals surface area (Å²) < 4.78 is 5.65. The Morgan fingerprint density at radius 3 is 2.73 bits per heavy atom. The Morgan fingerprint density at radius 2 is 2.05 bits per heavy atom. The topological polar surface area (TPSA) is 97.7 Å². The molecule has 0 radical (unpaired) electrons. The molecule has 9 nitrogen and oxygen atoms in total. The van der Waals surface area contributed by atoms with Crippen molar-refractivity contribution in [3.8, 4) is 0 Å². The molecule has 0 bridgehead atoms. The number of piperazine rings is 1. The number of hydrogen-bond donors (Lipinski definition) is 2. The quantitative estimate of drug-likeness (QED) is 0.217. The fourth-order valence-corrected chi connectivity index (χ4v) is 4.92. The standard InChI is InChI=1S/C31H49N7O2/c1-5-8-12-29-25(13-15-34-31(32-4)36-26(7-3)23-33-14-9-6-2)21-27(35-29)24-37-16-18-38(19-17-37)30(39)22-28-11-10-20-40-28/h6,8-9,12,21,23,28,35H,5,7,10-11,13-20,22,24H2,1-4H3,(H,32,34)/b9-6-,12-8?,33-23?,36-26?. The minimum atomic E-state index is 0.120. The monoisotopic (exact) mass is 551 g/mol. The maximum Gasteiger partial charge on any atom is 0.225 e. The molecule has 9 heteroatoms. The van der Waals surface area contributed by atoms with E-state index in [1.54, 1.807) is 7.05 Å². The number of guanidine groups is 1. The van der Waals surface area contributed by atoms with E-state index in [2.05, 4.69) is 62.2 Å². The van der Waals surface area contributed by atoms with Crippen LogP contribution in [0, 0.1) is 0 Å². The molecule has 2 aliphatic heterocycles. The summed E-state index contributed by atoms with van der Waals surface area (Å²) in [6.07, 6.45) is 15.6. The molecule has 1 atom stereocenters. The minimum Gasteiger partial charge on any atom is -0.378 e. The first-order chi connectivity index (χ1) is 19.6. The summed E-state index contributed by atoms with van der Waals surface area (Å²) in [4.78, 5) is 34.1. The van der Waals surface area contributed by atoms with Crippen LogP contribution in [0.25, 0.3) is 6.08 Å². The van der Waals surface area contributed by atoms with Crippen LogP contribution in [0.15, 0.2) is 39.3 Å². The lowest BCUT2D eigenvalue weighted by Gasteiger charge is -2.35. The number of hydrogen-bond acceptors (Lipinski definition) is 5. The number of carbonyl (C=O) groups excluding carboxylic acids is 1. The Labute approximate surface area is 240 Å². The van der Waals surface area contributed by atoms with E-state index in [4.69, 9.17) is 4.74 Å². The van der Waals surface area contributed by atoms with E-state index < -0.39 is 0 Å². The lowest BCUT2D eigenvalue weighted by Crippen LogP contribution is -2.48. The predicted octanol–water partition coefficient (Wildman–Crippen LogP) is 4.27. The molecule has 3 heterocycles. The van der Waals surface area contributed by atoms with Gasteiger partial charge in [-0.05, 0) is 56.7 Å². The second kappa shape index (κ2) is 17.6. The van der Waals surface area contributed by atoms with Gasteiger partial charge in [0.05, 0.1) is 24.8 Å². The molecule has 2 N–H and O–H groups in total. The van der Waals surface area contributed by atoms with Gasteiger partial charge in [0.15, 0.2) is 0 Å². The largest absolute Gasteiger partial charge is 0.378 e. The molecule has 1 unspecified atom stereocenters. The second-order valence-electron chi connectivity index (χ2n) is 10.3. The Bertz CT molecular complexity index is 1060. The van der Waals surface area contributed by atoms with Crippen molar-refractivity contribution in [2.24, 2.45) is 15.0 Å². The highest BCUT2D eigenvalue weighted by molar-refractivity contribution is 6.32. The lowest BCUT2D eigenvalue weighted by atomic mass is 10.1. The van der Waals surface area contributed by atoms with Gasteiger partial charge in [0.25, 0.3) is 0 Å². The first-order valence-electron chi connectivity index (χ1n) is 14.9. The predicted molar refractivity (Wildman–Crippen MR) is 167 cm³/mol. The van der Waals surface area contributed by atoms with Gasteiger partial charge in [-0.3, -0.25) is 19.7 Å². The maximum absolute atomic E-state index is 12.7. The van der Waals surface area contributed by atoms with Crippen LogP contribution >= 0.6 is 0 Å². The number of carbonyl (C=O) groups is 1. The molecule has 2 aliphatic rings. The molecule has 1 aromatic heterocycles. The van der Waals surface area contributed by atoms with Gasteiger partial charge in [-0.15, -0.1) is 0 Å². The molecule has 0 aliphatic carbocycles. The summed E-state index contributed by atoms with van der Waals surface area (Å²) >= 11 is 0. The van der Waals surface area contributed by atoms with Crippen molar-refractivity contribution in [1.29, 1.82) is 0 Å². The van der Waals surface area contributed by atoms with E-state index in [1.165, 1.54) is 11.3 Å². The molecule has 2 fully saturated rings. The van der Waals surface area contributed by atoms with E-state index in [9.17, 15) is 4.79 Å². The number of allylic oxidation sites excluding steroid dienone is 2. The highest BCUT2D eigenvalue weighted by Gasteiger charge is 2.26. The number of aromatic amines is 1. The lowest BCUT2D eigenvalue weighted by molar-refractivity contribution is -0.135. The molecular formula is C31H49N7O2. The molecule has 1 aromatic rings. The summed E-state index contributed by atoms with van der Waals surface area (Å²) in [6.45, 7) is 12.6. The van der Waals surface area contributed by atoms with Gasteiger partial charge in [0.2, 0.25) is 11.9 Å². The van der Waals surface area contributed by atoms with Crippen LogP contribution in [0.5, 0.6) is 0 Å². The van der Waals surface area contributed by atoms with Crippen molar-refractivity contribution in [3.05, 3.63) is 41.2 Å². The van der Waals surface area contributed by atoms with Crippen LogP contribution in [0.2, 0.25) is 0 Å². The van der Waals surface area contributed by atoms with Gasteiger partial charge in [-0.1, -0.05) is 32.1 Å². The summed E-state index contributed by atoms with van der Waals surface area (Å²) in [5.74, 6) is 0.863. The van der Waals surface area contributed by atoms with Crippen LogP contribution in [0.1, 0.15) is 69.8 Å². The van der Waals surface area contributed by atoms with E-state index in [-0.39, 0.29) is 12.0 Å². The molecule has 0 spiro atoms. The van der Waals surface area contributed by atoms with Crippen molar-refractivity contribution in [2.45, 2.75) is 71.9 Å². The first kappa shape index (κ1) is 31.5. The SMILES string of the molecule is C/C=C\CN=CC(CC)=NC(=NC)NCCc1cc(CN2CCN(C(=O)CC3CCCO3)CC2)[nH]c1C=CCC. The van der Waals surface area contributed by atoms with Crippen molar-refractivity contribution >= 4 is 29.9 Å². The number of rotatable bonds is 13. The van der Waals surface area contributed by atoms with Gasteiger partial charge in [-0.2, -0.15) is 0 Å². The van der Waals surface area contributed by atoms with Crippen LogP contribution in [-0.4, -0.2) is 97.6 Å².